The standard InChI is InChI=1S/C13H24N2O2/c1-13(6-2-3-7-14-13)12(17)15-8-4-11(10-16)5-9-15/h11,14,16H,2-10H2,1H3. The number of hydrogen-bond donors (Lipinski definition) is 2. The Morgan fingerprint density at radius 3 is 2.65 bits per heavy atom. The molecule has 0 aliphatic carbocycles. The molecule has 0 aromatic carbocycles. The number of carbonyl (C=O) groups is 1. The molecular weight excluding hydrogens is 216 g/mol. The minimum Gasteiger partial charge on any atom is -0.396 e. The first-order valence-corrected chi connectivity index (χ1v) is 6.81. The summed E-state index contributed by atoms with van der Waals surface area (Å²) in [4.78, 5) is 14.4. The summed E-state index contributed by atoms with van der Waals surface area (Å²) in [5.74, 6) is 0.653. The maximum absolute atomic E-state index is 12.5. The molecule has 4 heteroatoms. The average Bonchev–Trinajstić information content (AvgIpc) is 2.39. The fourth-order valence-corrected chi connectivity index (χ4v) is 2.91. The first-order valence-electron chi connectivity index (χ1n) is 6.81. The molecule has 2 heterocycles. The second kappa shape index (κ2) is 5.36. The van der Waals surface area contributed by atoms with Crippen molar-refractivity contribution in [3.05, 3.63) is 0 Å². The Hall–Kier alpha value is -0.610. The predicted octanol–water partition coefficient (Wildman–Crippen LogP) is 0.749. The van der Waals surface area contributed by atoms with E-state index in [-0.39, 0.29) is 18.1 Å². The van der Waals surface area contributed by atoms with Gasteiger partial charge in [-0.3, -0.25) is 4.79 Å². The van der Waals surface area contributed by atoms with E-state index >= 15 is 0 Å². The maximum atomic E-state index is 12.5. The molecule has 1 unspecified atom stereocenters. The molecule has 2 aliphatic rings. The van der Waals surface area contributed by atoms with Crippen molar-refractivity contribution < 1.29 is 9.90 Å². The number of hydrogen-bond acceptors (Lipinski definition) is 3. The SMILES string of the molecule is CC1(C(=O)N2CCC(CO)CC2)CCCCN1. The number of aliphatic hydroxyl groups is 1. The lowest BCUT2D eigenvalue weighted by Crippen LogP contribution is -2.59. The molecule has 0 saturated carbocycles. The third-order valence-electron chi connectivity index (χ3n) is 4.25. The molecule has 2 saturated heterocycles. The average molecular weight is 240 g/mol. The van der Waals surface area contributed by atoms with Gasteiger partial charge in [0.15, 0.2) is 0 Å². The van der Waals surface area contributed by atoms with Crippen molar-refractivity contribution in [3.8, 4) is 0 Å². The van der Waals surface area contributed by atoms with Gasteiger partial charge in [-0.05, 0) is 51.5 Å². The number of rotatable bonds is 2. The van der Waals surface area contributed by atoms with E-state index in [9.17, 15) is 4.79 Å². The van der Waals surface area contributed by atoms with Crippen LogP contribution in [-0.4, -0.2) is 47.7 Å². The first kappa shape index (κ1) is 12.8. The zero-order valence-electron chi connectivity index (χ0n) is 10.7. The fourth-order valence-electron chi connectivity index (χ4n) is 2.91. The normalized spacial score (nSPS) is 31.5. The van der Waals surface area contributed by atoms with E-state index in [1.54, 1.807) is 0 Å². The number of piperidine rings is 2. The number of amides is 1. The molecule has 17 heavy (non-hydrogen) atoms. The van der Waals surface area contributed by atoms with Gasteiger partial charge in [-0.1, -0.05) is 0 Å². The van der Waals surface area contributed by atoms with Crippen molar-refractivity contribution in [3.63, 3.8) is 0 Å². The number of nitrogens with one attached hydrogen (secondary N) is 1. The molecule has 0 spiro atoms. The second-order valence-corrected chi connectivity index (χ2v) is 5.63. The molecule has 2 fully saturated rings. The Morgan fingerprint density at radius 2 is 2.12 bits per heavy atom. The topological polar surface area (TPSA) is 52.6 Å². The van der Waals surface area contributed by atoms with E-state index in [1.807, 2.05) is 11.8 Å². The van der Waals surface area contributed by atoms with Crippen LogP contribution in [0, 0.1) is 5.92 Å². The summed E-state index contributed by atoms with van der Waals surface area (Å²) in [5.41, 5.74) is -0.343. The monoisotopic (exact) mass is 240 g/mol. The summed E-state index contributed by atoms with van der Waals surface area (Å²) in [6.45, 7) is 4.86. The van der Waals surface area contributed by atoms with Gasteiger partial charge in [0.25, 0.3) is 0 Å². The van der Waals surface area contributed by atoms with Crippen molar-refractivity contribution >= 4 is 5.91 Å². The van der Waals surface area contributed by atoms with Gasteiger partial charge in [0.1, 0.15) is 0 Å². The number of likely N-dealkylation sites (tertiary alicyclic amines) is 1. The van der Waals surface area contributed by atoms with Crippen molar-refractivity contribution in [2.24, 2.45) is 5.92 Å². The first-order chi connectivity index (χ1) is 8.15. The predicted molar refractivity (Wildman–Crippen MR) is 66.6 cm³/mol. The van der Waals surface area contributed by atoms with Gasteiger partial charge in [0, 0.05) is 19.7 Å². The Morgan fingerprint density at radius 1 is 1.41 bits per heavy atom. The molecule has 98 valence electrons. The van der Waals surface area contributed by atoms with Crippen LogP contribution in [0.2, 0.25) is 0 Å². The highest BCUT2D eigenvalue weighted by Gasteiger charge is 2.38. The summed E-state index contributed by atoms with van der Waals surface area (Å²) in [7, 11) is 0. The Balaban J connectivity index is 1.91. The van der Waals surface area contributed by atoms with Crippen molar-refractivity contribution in [1.29, 1.82) is 0 Å². The lowest BCUT2D eigenvalue weighted by atomic mass is 9.88. The van der Waals surface area contributed by atoms with Crippen LogP contribution in [0.25, 0.3) is 0 Å². The van der Waals surface area contributed by atoms with Crippen LogP contribution >= 0.6 is 0 Å². The molecule has 0 bridgehead atoms. The van der Waals surface area contributed by atoms with E-state index in [1.165, 1.54) is 6.42 Å². The molecule has 2 N–H and O–H groups in total. The van der Waals surface area contributed by atoms with Crippen LogP contribution in [0.15, 0.2) is 0 Å². The van der Waals surface area contributed by atoms with E-state index in [4.69, 9.17) is 5.11 Å². The van der Waals surface area contributed by atoms with Crippen LogP contribution in [-0.2, 0) is 4.79 Å². The Labute approximate surface area is 103 Å². The van der Waals surface area contributed by atoms with Gasteiger partial charge in [0.05, 0.1) is 5.54 Å². The molecular formula is C13H24N2O2. The van der Waals surface area contributed by atoms with Crippen molar-refractivity contribution in [1.82, 2.24) is 10.2 Å². The van der Waals surface area contributed by atoms with E-state index in [0.717, 1.165) is 45.3 Å². The smallest absolute Gasteiger partial charge is 0.242 e. The van der Waals surface area contributed by atoms with Crippen molar-refractivity contribution in [2.75, 3.05) is 26.2 Å². The quantitative estimate of drug-likeness (QED) is 0.749. The molecule has 4 nitrogen and oxygen atoms in total. The van der Waals surface area contributed by atoms with Crippen LogP contribution in [0.1, 0.15) is 39.0 Å². The zero-order chi connectivity index (χ0) is 12.3. The number of carbonyl (C=O) groups excluding carboxylic acids is 1. The second-order valence-electron chi connectivity index (χ2n) is 5.63. The third kappa shape index (κ3) is 2.80. The largest absolute Gasteiger partial charge is 0.396 e. The highest BCUT2D eigenvalue weighted by atomic mass is 16.3. The van der Waals surface area contributed by atoms with Gasteiger partial charge >= 0.3 is 0 Å². The Bertz CT molecular complexity index is 267. The van der Waals surface area contributed by atoms with E-state index in [0.29, 0.717) is 5.92 Å². The van der Waals surface area contributed by atoms with Gasteiger partial charge in [-0.15, -0.1) is 0 Å². The summed E-state index contributed by atoms with van der Waals surface area (Å²) in [5, 5.41) is 12.5. The van der Waals surface area contributed by atoms with Gasteiger partial charge in [-0.2, -0.15) is 0 Å². The molecule has 0 aromatic heterocycles. The highest BCUT2D eigenvalue weighted by Crippen LogP contribution is 2.24. The minimum absolute atomic E-state index is 0.258. The third-order valence-corrected chi connectivity index (χ3v) is 4.25. The molecule has 0 radical (unpaired) electrons. The zero-order valence-corrected chi connectivity index (χ0v) is 10.7. The number of nitrogens with zero attached hydrogens (tertiary/aromatic N) is 1. The number of aliphatic hydroxyl groups excluding tert-OH is 1. The molecule has 1 amide bonds. The minimum atomic E-state index is -0.343. The molecule has 2 rings (SSSR count). The highest BCUT2D eigenvalue weighted by molar-refractivity contribution is 5.86. The van der Waals surface area contributed by atoms with Crippen LogP contribution < -0.4 is 5.32 Å². The Kier molecular flexibility index (Phi) is 4.05. The summed E-state index contributed by atoms with van der Waals surface area (Å²) < 4.78 is 0. The lowest BCUT2D eigenvalue weighted by molar-refractivity contribution is -0.140. The van der Waals surface area contributed by atoms with Gasteiger partial charge < -0.3 is 15.3 Å². The summed E-state index contributed by atoms with van der Waals surface area (Å²) in [6.07, 6.45) is 5.15. The van der Waals surface area contributed by atoms with Crippen LogP contribution in [0.5, 0.6) is 0 Å². The van der Waals surface area contributed by atoms with E-state index in [2.05, 4.69) is 5.32 Å². The van der Waals surface area contributed by atoms with Gasteiger partial charge in [0.2, 0.25) is 5.91 Å². The molecule has 1 atom stereocenters. The fraction of sp³-hybridized carbons (Fsp3) is 0.923. The molecule has 2 aliphatic heterocycles. The van der Waals surface area contributed by atoms with Crippen LogP contribution in [0.3, 0.4) is 0 Å². The van der Waals surface area contributed by atoms with Crippen LogP contribution in [0.4, 0.5) is 0 Å². The molecule has 0 aromatic rings. The van der Waals surface area contributed by atoms with Crippen molar-refractivity contribution in [2.45, 2.75) is 44.6 Å². The maximum Gasteiger partial charge on any atom is 0.242 e. The van der Waals surface area contributed by atoms with E-state index < -0.39 is 0 Å². The summed E-state index contributed by atoms with van der Waals surface area (Å²) in [6, 6.07) is 0. The lowest BCUT2D eigenvalue weighted by Gasteiger charge is -2.40. The van der Waals surface area contributed by atoms with Gasteiger partial charge in [-0.25, -0.2) is 0 Å². The summed E-state index contributed by atoms with van der Waals surface area (Å²) >= 11 is 0.